The lowest BCUT2D eigenvalue weighted by Crippen LogP contribution is -2.48. The second kappa shape index (κ2) is 6.20. The van der Waals surface area contributed by atoms with Gasteiger partial charge in [-0.25, -0.2) is 13.1 Å². The van der Waals surface area contributed by atoms with Gasteiger partial charge in [-0.15, -0.1) is 0 Å². The van der Waals surface area contributed by atoms with Crippen LogP contribution in [0.4, 0.5) is 0 Å². The Morgan fingerprint density at radius 3 is 2.00 bits per heavy atom. The summed E-state index contributed by atoms with van der Waals surface area (Å²) >= 11 is 0. The van der Waals surface area contributed by atoms with E-state index in [1.54, 1.807) is 13.8 Å². The average molecular weight is 250 g/mol. The molecule has 5 nitrogen and oxygen atoms in total. The SMILES string of the molecule is CNC(=O)C(CC(C)C)NS(=O)(=O)C(C)C. The van der Waals surface area contributed by atoms with Crippen LogP contribution >= 0.6 is 0 Å². The first-order chi connectivity index (χ1) is 7.20. The quantitative estimate of drug-likeness (QED) is 0.720. The molecule has 0 fully saturated rings. The van der Waals surface area contributed by atoms with Crippen molar-refractivity contribution in [1.29, 1.82) is 0 Å². The molecule has 0 heterocycles. The van der Waals surface area contributed by atoms with Crippen molar-refractivity contribution < 1.29 is 13.2 Å². The first kappa shape index (κ1) is 15.4. The molecular formula is C10H22N2O3S. The van der Waals surface area contributed by atoms with Crippen LogP contribution in [0.1, 0.15) is 34.1 Å². The average Bonchev–Trinajstić information content (AvgIpc) is 2.14. The molecule has 0 aromatic carbocycles. The number of amides is 1. The molecule has 0 saturated heterocycles. The zero-order valence-corrected chi connectivity index (χ0v) is 11.4. The van der Waals surface area contributed by atoms with Crippen molar-refractivity contribution in [2.75, 3.05) is 7.05 Å². The van der Waals surface area contributed by atoms with Gasteiger partial charge >= 0.3 is 0 Å². The molecule has 6 heteroatoms. The van der Waals surface area contributed by atoms with E-state index in [4.69, 9.17) is 0 Å². The van der Waals surface area contributed by atoms with Crippen LogP contribution < -0.4 is 10.0 Å². The highest BCUT2D eigenvalue weighted by molar-refractivity contribution is 7.90. The van der Waals surface area contributed by atoms with Gasteiger partial charge in [0.25, 0.3) is 0 Å². The van der Waals surface area contributed by atoms with Crippen molar-refractivity contribution in [3.05, 3.63) is 0 Å². The van der Waals surface area contributed by atoms with E-state index in [2.05, 4.69) is 10.0 Å². The molecule has 0 bridgehead atoms. The molecule has 0 aromatic heterocycles. The zero-order valence-electron chi connectivity index (χ0n) is 10.6. The van der Waals surface area contributed by atoms with E-state index in [9.17, 15) is 13.2 Å². The standard InChI is InChI=1S/C10H22N2O3S/c1-7(2)6-9(10(13)11-5)12-16(14,15)8(3)4/h7-9,12H,6H2,1-5H3,(H,11,13). The van der Waals surface area contributed by atoms with Gasteiger partial charge in [0.05, 0.1) is 5.25 Å². The van der Waals surface area contributed by atoms with E-state index >= 15 is 0 Å². The summed E-state index contributed by atoms with van der Waals surface area (Å²) in [6.45, 7) is 7.05. The highest BCUT2D eigenvalue weighted by atomic mass is 32.2. The summed E-state index contributed by atoms with van der Waals surface area (Å²) in [4.78, 5) is 11.5. The molecule has 0 spiro atoms. The second-order valence-electron chi connectivity index (χ2n) is 4.51. The number of sulfonamides is 1. The predicted molar refractivity (Wildman–Crippen MR) is 64.5 cm³/mol. The van der Waals surface area contributed by atoms with Gasteiger partial charge < -0.3 is 5.32 Å². The van der Waals surface area contributed by atoms with Crippen LogP contribution in [0, 0.1) is 5.92 Å². The molecule has 0 rings (SSSR count). The monoisotopic (exact) mass is 250 g/mol. The third-order valence-corrected chi connectivity index (χ3v) is 4.05. The lowest BCUT2D eigenvalue weighted by molar-refractivity contribution is -0.122. The summed E-state index contributed by atoms with van der Waals surface area (Å²) in [5, 5.41) is 1.93. The molecule has 96 valence electrons. The fourth-order valence-electron chi connectivity index (χ4n) is 1.19. The number of hydrogen-bond donors (Lipinski definition) is 2. The fraction of sp³-hybridized carbons (Fsp3) is 0.900. The van der Waals surface area contributed by atoms with Crippen LogP contribution in [0.5, 0.6) is 0 Å². The molecular weight excluding hydrogens is 228 g/mol. The number of rotatable bonds is 6. The Labute approximate surface area is 98.0 Å². The van der Waals surface area contributed by atoms with Crippen LogP contribution in [0.25, 0.3) is 0 Å². The maximum atomic E-state index is 11.7. The minimum atomic E-state index is -3.41. The van der Waals surface area contributed by atoms with Gasteiger partial charge in [0.2, 0.25) is 15.9 Å². The highest BCUT2D eigenvalue weighted by Gasteiger charge is 2.26. The number of nitrogens with one attached hydrogen (secondary N) is 2. The number of hydrogen-bond acceptors (Lipinski definition) is 3. The smallest absolute Gasteiger partial charge is 0.237 e. The van der Waals surface area contributed by atoms with Gasteiger partial charge in [-0.05, 0) is 26.2 Å². The Balaban J connectivity index is 4.74. The first-order valence-corrected chi connectivity index (χ1v) is 6.98. The lowest BCUT2D eigenvalue weighted by atomic mass is 10.0. The van der Waals surface area contributed by atoms with Crippen LogP contribution in [0.3, 0.4) is 0 Å². The van der Waals surface area contributed by atoms with Gasteiger partial charge in [-0.3, -0.25) is 4.79 Å². The van der Waals surface area contributed by atoms with Crippen LogP contribution in [-0.2, 0) is 14.8 Å². The van der Waals surface area contributed by atoms with E-state index in [1.165, 1.54) is 7.05 Å². The molecule has 1 atom stereocenters. The van der Waals surface area contributed by atoms with E-state index in [-0.39, 0.29) is 11.8 Å². The Kier molecular flexibility index (Phi) is 5.96. The molecule has 2 N–H and O–H groups in total. The van der Waals surface area contributed by atoms with Crippen molar-refractivity contribution in [2.45, 2.75) is 45.4 Å². The number of carbonyl (C=O) groups excluding carboxylic acids is 1. The van der Waals surface area contributed by atoms with Crippen LogP contribution in [-0.4, -0.2) is 32.7 Å². The molecule has 0 aliphatic heterocycles. The predicted octanol–water partition coefficient (Wildman–Crippen LogP) is 0.475. The van der Waals surface area contributed by atoms with Gasteiger partial charge in [-0.2, -0.15) is 0 Å². The van der Waals surface area contributed by atoms with E-state index in [0.29, 0.717) is 6.42 Å². The summed E-state index contributed by atoms with van der Waals surface area (Å²) in [5.74, 6) is -0.0462. The molecule has 0 saturated carbocycles. The lowest BCUT2D eigenvalue weighted by Gasteiger charge is -2.20. The van der Waals surface area contributed by atoms with Crippen molar-refractivity contribution in [3.8, 4) is 0 Å². The topological polar surface area (TPSA) is 75.3 Å². The number of carbonyl (C=O) groups is 1. The third-order valence-electron chi connectivity index (χ3n) is 2.20. The molecule has 1 unspecified atom stereocenters. The minimum Gasteiger partial charge on any atom is -0.358 e. The summed E-state index contributed by atoms with van der Waals surface area (Å²) in [7, 11) is -1.91. The van der Waals surface area contributed by atoms with Gasteiger partial charge in [0.1, 0.15) is 6.04 Å². The van der Waals surface area contributed by atoms with Gasteiger partial charge in [0, 0.05) is 7.05 Å². The molecule has 16 heavy (non-hydrogen) atoms. The number of likely N-dealkylation sites (N-methyl/N-ethyl adjacent to an activating group) is 1. The Hall–Kier alpha value is -0.620. The maximum Gasteiger partial charge on any atom is 0.237 e. The Bertz CT molecular complexity index is 323. The summed E-state index contributed by atoms with van der Waals surface area (Å²) < 4.78 is 25.7. The highest BCUT2D eigenvalue weighted by Crippen LogP contribution is 2.08. The second-order valence-corrected chi connectivity index (χ2v) is 6.78. The van der Waals surface area contributed by atoms with E-state index in [1.807, 2.05) is 13.8 Å². The van der Waals surface area contributed by atoms with Gasteiger partial charge in [0.15, 0.2) is 0 Å². The largest absolute Gasteiger partial charge is 0.358 e. The van der Waals surface area contributed by atoms with Crippen LogP contribution in [0.15, 0.2) is 0 Å². The maximum absolute atomic E-state index is 11.7. The molecule has 0 radical (unpaired) electrons. The van der Waals surface area contributed by atoms with E-state index < -0.39 is 21.3 Å². The van der Waals surface area contributed by atoms with Crippen molar-refractivity contribution in [2.24, 2.45) is 5.92 Å². The minimum absolute atomic E-state index is 0.247. The third kappa shape index (κ3) is 4.94. The summed E-state index contributed by atoms with van der Waals surface area (Å²) in [6, 6.07) is -0.683. The van der Waals surface area contributed by atoms with E-state index in [0.717, 1.165) is 0 Å². The Morgan fingerprint density at radius 1 is 1.19 bits per heavy atom. The van der Waals surface area contributed by atoms with Crippen LogP contribution in [0.2, 0.25) is 0 Å². The Morgan fingerprint density at radius 2 is 1.69 bits per heavy atom. The first-order valence-electron chi connectivity index (χ1n) is 5.43. The normalized spacial score (nSPS) is 14.2. The summed E-state index contributed by atoms with van der Waals surface area (Å²) in [6.07, 6.45) is 0.492. The van der Waals surface area contributed by atoms with Crippen molar-refractivity contribution in [3.63, 3.8) is 0 Å². The molecule has 0 aliphatic rings. The summed E-state index contributed by atoms with van der Waals surface area (Å²) in [5.41, 5.74) is 0. The molecule has 0 aromatic rings. The molecule has 0 aliphatic carbocycles. The fourth-order valence-corrected chi connectivity index (χ4v) is 2.06. The van der Waals surface area contributed by atoms with Crippen molar-refractivity contribution in [1.82, 2.24) is 10.0 Å². The van der Waals surface area contributed by atoms with Gasteiger partial charge in [-0.1, -0.05) is 13.8 Å². The molecule has 1 amide bonds. The zero-order chi connectivity index (χ0) is 12.9. The van der Waals surface area contributed by atoms with Crippen molar-refractivity contribution >= 4 is 15.9 Å².